The summed E-state index contributed by atoms with van der Waals surface area (Å²) < 4.78 is 25.1. The third kappa shape index (κ3) is 4.01. The van der Waals surface area contributed by atoms with E-state index < -0.39 is 5.76 Å². The van der Waals surface area contributed by atoms with E-state index in [1.54, 1.807) is 24.3 Å². The van der Waals surface area contributed by atoms with Crippen LogP contribution in [0.3, 0.4) is 0 Å². The van der Waals surface area contributed by atoms with Gasteiger partial charge in [-0.3, -0.25) is 5.10 Å². The lowest BCUT2D eigenvalue weighted by Crippen LogP contribution is -2.41. The molecule has 0 fully saturated rings. The number of halogens is 2. The molecule has 2 amide bonds. The number of H-pyrrole nitrogens is 1. The van der Waals surface area contributed by atoms with E-state index in [1.165, 1.54) is 5.56 Å². The van der Waals surface area contributed by atoms with Crippen LogP contribution in [0.4, 0.5) is 19.3 Å². The number of urea groups is 1. The molecule has 0 spiro atoms. The van der Waals surface area contributed by atoms with Gasteiger partial charge >= 0.3 is 6.03 Å². The fourth-order valence-corrected chi connectivity index (χ4v) is 3.24. The molecule has 3 N–H and O–H groups in total. The Bertz CT molecular complexity index is 692. The van der Waals surface area contributed by atoms with Crippen LogP contribution in [0.5, 0.6) is 0 Å². The third-order valence-corrected chi connectivity index (χ3v) is 4.49. The lowest BCUT2D eigenvalue weighted by atomic mass is 9.94. The number of carbonyl (C=O) groups excluding carboxylic acids is 1. The Morgan fingerprint density at radius 1 is 1.39 bits per heavy atom. The fraction of sp³-hybridized carbons (Fsp3) is 0.333. The van der Waals surface area contributed by atoms with Crippen molar-refractivity contribution in [1.82, 2.24) is 15.5 Å². The van der Waals surface area contributed by atoms with Crippen molar-refractivity contribution in [3.8, 4) is 0 Å². The van der Waals surface area contributed by atoms with Gasteiger partial charge in [0, 0.05) is 23.1 Å². The zero-order valence-corrected chi connectivity index (χ0v) is 13.0. The first-order valence-electron chi connectivity index (χ1n) is 7.24. The SMILES string of the molecule is O=C(Nc1ccccc1SC(F)F)N[C@@H]1CCc2cn[nH]c2C1. The number of nitrogens with one attached hydrogen (secondary N) is 3. The van der Waals surface area contributed by atoms with Gasteiger partial charge in [-0.15, -0.1) is 0 Å². The van der Waals surface area contributed by atoms with Crippen LogP contribution in [0.2, 0.25) is 0 Å². The van der Waals surface area contributed by atoms with Gasteiger partial charge in [0.25, 0.3) is 5.76 Å². The molecule has 122 valence electrons. The number of thioether (sulfide) groups is 1. The second-order valence-electron chi connectivity index (χ2n) is 5.29. The van der Waals surface area contributed by atoms with E-state index in [0.717, 1.165) is 18.5 Å². The quantitative estimate of drug-likeness (QED) is 0.748. The van der Waals surface area contributed by atoms with Crippen molar-refractivity contribution in [2.45, 2.75) is 36.0 Å². The van der Waals surface area contributed by atoms with Crippen LogP contribution >= 0.6 is 11.8 Å². The first-order chi connectivity index (χ1) is 11.1. The smallest absolute Gasteiger partial charge is 0.319 e. The molecule has 8 heteroatoms. The number of aryl methyl sites for hydroxylation is 1. The third-order valence-electron chi connectivity index (χ3n) is 3.71. The van der Waals surface area contributed by atoms with E-state index in [-0.39, 0.29) is 12.1 Å². The number of fused-ring (bicyclic) bond motifs is 1. The summed E-state index contributed by atoms with van der Waals surface area (Å²) in [5, 5.41) is 12.5. The second kappa shape index (κ2) is 6.99. The van der Waals surface area contributed by atoms with Crippen molar-refractivity contribution in [3.63, 3.8) is 0 Å². The normalized spacial score (nSPS) is 16.9. The summed E-state index contributed by atoms with van der Waals surface area (Å²) in [4.78, 5) is 12.5. The number of alkyl halides is 2. The van der Waals surface area contributed by atoms with E-state index >= 15 is 0 Å². The van der Waals surface area contributed by atoms with Gasteiger partial charge in [-0.1, -0.05) is 23.9 Å². The monoisotopic (exact) mass is 338 g/mol. The van der Waals surface area contributed by atoms with Crippen molar-refractivity contribution in [2.75, 3.05) is 5.32 Å². The Morgan fingerprint density at radius 2 is 2.22 bits per heavy atom. The molecule has 3 rings (SSSR count). The largest absolute Gasteiger partial charge is 0.335 e. The van der Waals surface area contributed by atoms with Gasteiger partial charge in [0.05, 0.1) is 11.9 Å². The summed E-state index contributed by atoms with van der Waals surface area (Å²) in [6.07, 6.45) is 4.18. The van der Waals surface area contributed by atoms with Crippen molar-refractivity contribution in [2.24, 2.45) is 0 Å². The maximum Gasteiger partial charge on any atom is 0.319 e. The summed E-state index contributed by atoms with van der Waals surface area (Å²) >= 11 is 0.416. The van der Waals surface area contributed by atoms with Gasteiger partial charge < -0.3 is 10.6 Å². The number of benzene rings is 1. The minimum atomic E-state index is -2.53. The molecule has 5 nitrogen and oxygen atoms in total. The summed E-state index contributed by atoms with van der Waals surface area (Å²) in [6.45, 7) is 0. The number of hydrogen-bond acceptors (Lipinski definition) is 3. The summed E-state index contributed by atoms with van der Waals surface area (Å²) in [6, 6.07) is 6.14. The molecule has 1 aromatic carbocycles. The van der Waals surface area contributed by atoms with Gasteiger partial charge in [-0.25, -0.2) is 4.79 Å². The fourth-order valence-electron chi connectivity index (χ4n) is 2.64. The van der Waals surface area contributed by atoms with E-state index in [9.17, 15) is 13.6 Å². The molecular formula is C15H16F2N4OS. The number of amides is 2. The van der Waals surface area contributed by atoms with Gasteiger partial charge in [0.2, 0.25) is 0 Å². The first kappa shape index (κ1) is 15.8. The molecule has 0 aliphatic heterocycles. The van der Waals surface area contributed by atoms with Crippen molar-refractivity contribution >= 4 is 23.5 Å². The molecule has 0 unspecified atom stereocenters. The number of anilines is 1. The highest BCUT2D eigenvalue weighted by Crippen LogP contribution is 2.31. The maximum absolute atomic E-state index is 12.5. The predicted octanol–water partition coefficient (Wildman–Crippen LogP) is 3.40. The zero-order valence-electron chi connectivity index (χ0n) is 12.2. The summed E-state index contributed by atoms with van der Waals surface area (Å²) in [5.41, 5.74) is 2.60. The molecule has 0 radical (unpaired) electrons. The van der Waals surface area contributed by atoms with E-state index in [4.69, 9.17) is 0 Å². The maximum atomic E-state index is 12.5. The van der Waals surface area contributed by atoms with E-state index in [0.29, 0.717) is 28.8 Å². The molecule has 1 aliphatic rings. The lowest BCUT2D eigenvalue weighted by molar-refractivity contribution is 0.246. The molecule has 0 saturated heterocycles. The van der Waals surface area contributed by atoms with Crippen molar-refractivity contribution in [1.29, 1.82) is 0 Å². The Kier molecular flexibility index (Phi) is 4.80. The highest BCUT2D eigenvalue weighted by Gasteiger charge is 2.22. The molecule has 1 atom stereocenters. The van der Waals surface area contributed by atoms with Crippen molar-refractivity contribution < 1.29 is 13.6 Å². The van der Waals surface area contributed by atoms with Crippen LogP contribution in [-0.4, -0.2) is 28.0 Å². The van der Waals surface area contributed by atoms with Crippen LogP contribution in [0, 0.1) is 0 Å². The number of rotatable bonds is 4. The highest BCUT2D eigenvalue weighted by atomic mass is 32.2. The molecular weight excluding hydrogens is 322 g/mol. The first-order valence-corrected chi connectivity index (χ1v) is 8.12. The molecule has 1 heterocycles. The Labute approximate surface area is 136 Å². The lowest BCUT2D eigenvalue weighted by Gasteiger charge is -2.23. The number of nitrogens with zero attached hydrogens (tertiary/aromatic N) is 1. The van der Waals surface area contributed by atoms with Gasteiger partial charge in [0.1, 0.15) is 0 Å². The predicted molar refractivity (Wildman–Crippen MR) is 84.9 cm³/mol. The number of aromatic amines is 1. The molecule has 2 aromatic rings. The van der Waals surface area contributed by atoms with Gasteiger partial charge in [0.15, 0.2) is 0 Å². The topological polar surface area (TPSA) is 69.8 Å². The molecule has 23 heavy (non-hydrogen) atoms. The van der Waals surface area contributed by atoms with Crippen molar-refractivity contribution in [3.05, 3.63) is 41.7 Å². The summed E-state index contributed by atoms with van der Waals surface area (Å²) in [5.74, 6) is -2.53. The Hall–Kier alpha value is -2.09. The second-order valence-corrected chi connectivity index (χ2v) is 6.32. The Balaban J connectivity index is 1.60. The highest BCUT2D eigenvalue weighted by molar-refractivity contribution is 7.99. The Morgan fingerprint density at radius 3 is 3.04 bits per heavy atom. The number of aromatic nitrogens is 2. The number of para-hydroxylation sites is 1. The number of carbonyl (C=O) groups is 1. The van der Waals surface area contributed by atoms with Crippen LogP contribution in [-0.2, 0) is 12.8 Å². The zero-order chi connectivity index (χ0) is 16.2. The molecule has 0 bridgehead atoms. The van der Waals surface area contributed by atoms with Crippen LogP contribution < -0.4 is 10.6 Å². The van der Waals surface area contributed by atoms with E-state index in [1.807, 2.05) is 6.20 Å². The molecule has 1 aromatic heterocycles. The van der Waals surface area contributed by atoms with E-state index in [2.05, 4.69) is 20.8 Å². The summed E-state index contributed by atoms with van der Waals surface area (Å²) in [7, 11) is 0. The minimum Gasteiger partial charge on any atom is -0.335 e. The average molecular weight is 338 g/mol. The van der Waals surface area contributed by atoms with Crippen LogP contribution in [0.1, 0.15) is 17.7 Å². The van der Waals surface area contributed by atoms with Gasteiger partial charge in [-0.2, -0.15) is 13.9 Å². The van der Waals surface area contributed by atoms with Crippen LogP contribution in [0.25, 0.3) is 0 Å². The molecule has 0 saturated carbocycles. The van der Waals surface area contributed by atoms with Crippen LogP contribution in [0.15, 0.2) is 35.4 Å². The minimum absolute atomic E-state index is 0.00198. The standard InChI is InChI=1S/C15H16F2N4OS/c16-14(17)23-13-4-2-1-3-11(13)20-15(22)19-10-6-5-9-8-18-21-12(9)7-10/h1-4,8,10,14H,5-7H2,(H,18,21)(H2,19,20,22)/t10-/m1/s1. The number of hydrogen-bond donors (Lipinski definition) is 3. The van der Waals surface area contributed by atoms with Gasteiger partial charge in [-0.05, 0) is 30.5 Å². The molecule has 1 aliphatic carbocycles. The average Bonchev–Trinajstić information content (AvgIpc) is 2.96.